The van der Waals surface area contributed by atoms with Crippen LogP contribution in [0.1, 0.15) is 46.1 Å². The SMILES string of the molecule is Cc1ccc(C(=O)NC2CCCc3cc(N)ccc32)cn1. The number of hydrogen-bond acceptors (Lipinski definition) is 3. The topological polar surface area (TPSA) is 68.0 Å². The Hall–Kier alpha value is -2.36. The Morgan fingerprint density at radius 2 is 2.19 bits per heavy atom. The molecule has 0 spiro atoms. The van der Waals surface area contributed by atoms with Crippen LogP contribution in [0.4, 0.5) is 5.69 Å². The highest BCUT2D eigenvalue weighted by atomic mass is 16.1. The fourth-order valence-corrected chi connectivity index (χ4v) is 2.83. The van der Waals surface area contributed by atoms with Crippen molar-refractivity contribution in [1.82, 2.24) is 10.3 Å². The predicted molar refractivity (Wildman–Crippen MR) is 83.0 cm³/mol. The number of nitrogens with one attached hydrogen (secondary N) is 1. The van der Waals surface area contributed by atoms with Gasteiger partial charge >= 0.3 is 0 Å². The van der Waals surface area contributed by atoms with E-state index in [1.165, 1.54) is 11.1 Å². The summed E-state index contributed by atoms with van der Waals surface area (Å²) in [4.78, 5) is 16.5. The maximum atomic E-state index is 12.3. The number of carbonyl (C=O) groups is 1. The van der Waals surface area contributed by atoms with Gasteiger partial charge in [0.2, 0.25) is 0 Å². The van der Waals surface area contributed by atoms with Crippen LogP contribution in [0.25, 0.3) is 0 Å². The van der Waals surface area contributed by atoms with Crippen molar-refractivity contribution in [2.45, 2.75) is 32.2 Å². The van der Waals surface area contributed by atoms with Crippen LogP contribution in [-0.4, -0.2) is 10.9 Å². The average Bonchev–Trinajstić information content (AvgIpc) is 2.47. The number of nitrogens with two attached hydrogens (primary N) is 1. The van der Waals surface area contributed by atoms with Crippen LogP contribution < -0.4 is 11.1 Å². The molecule has 1 aliphatic carbocycles. The largest absolute Gasteiger partial charge is 0.399 e. The summed E-state index contributed by atoms with van der Waals surface area (Å²) in [5.41, 5.74) is 10.6. The maximum Gasteiger partial charge on any atom is 0.253 e. The van der Waals surface area contributed by atoms with Crippen LogP contribution in [0.3, 0.4) is 0 Å². The van der Waals surface area contributed by atoms with Crippen molar-refractivity contribution in [3.8, 4) is 0 Å². The lowest BCUT2D eigenvalue weighted by Gasteiger charge is -2.26. The highest BCUT2D eigenvalue weighted by Gasteiger charge is 2.22. The van der Waals surface area contributed by atoms with E-state index in [4.69, 9.17) is 5.73 Å². The summed E-state index contributed by atoms with van der Waals surface area (Å²) in [6.45, 7) is 1.91. The van der Waals surface area contributed by atoms with Gasteiger partial charge in [-0.15, -0.1) is 0 Å². The molecule has 0 radical (unpaired) electrons. The number of benzene rings is 1. The third-order valence-electron chi connectivity index (χ3n) is 3.96. The van der Waals surface area contributed by atoms with Crippen molar-refractivity contribution in [3.05, 3.63) is 58.9 Å². The number of pyridine rings is 1. The summed E-state index contributed by atoms with van der Waals surface area (Å²) >= 11 is 0. The molecule has 1 aromatic heterocycles. The Bertz CT molecular complexity index is 664. The molecule has 2 aromatic rings. The number of aryl methyl sites for hydroxylation is 2. The molecule has 1 heterocycles. The second kappa shape index (κ2) is 5.56. The highest BCUT2D eigenvalue weighted by Crippen LogP contribution is 2.31. The summed E-state index contributed by atoms with van der Waals surface area (Å²) < 4.78 is 0. The minimum Gasteiger partial charge on any atom is -0.399 e. The van der Waals surface area contributed by atoms with Crippen LogP contribution in [0.5, 0.6) is 0 Å². The Balaban J connectivity index is 1.80. The van der Waals surface area contributed by atoms with Gasteiger partial charge in [-0.05, 0) is 61.6 Å². The van der Waals surface area contributed by atoms with Gasteiger partial charge in [0.05, 0.1) is 11.6 Å². The third kappa shape index (κ3) is 2.89. The van der Waals surface area contributed by atoms with E-state index in [0.29, 0.717) is 5.56 Å². The molecule has 4 nitrogen and oxygen atoms in total. The first kappa shape index (κ1) is 13.6. The fourth-order valence-electron chi connectivity index (χ4n) is 2.83. The highest BCUT2D eigenvalue weighted by molar-refractivity contribution is 5.94. The minimum atomic E-state index is -0.0721. The molecule has 108 valence electrons. The van der Waals surface area contributed by atoms with Gasteiger partial charge < -0.3 is 11.1 Å². The van der Waals surface area contributed by atoms with E-state index in [2.05, 4.69) is 10.3 Å². The molecule has 3 N–H and O–H groups in total. The van der Waals surface area contributed by atoms with E-state index < -0.39 is 0 Å². The predicted octanol–water partition coefficient (Wildman–Crippen LogP) is 2.78. The lowest BCUT2D eigenvalue weighted by molar-refractivity contribution is 0.0932. The van der Waals surface area contributed by atoms with Gasteiger partial charge in [-0.25, -0.2) is 0 Å². The Morgan fingerprint density at radius 1 is 1.33 bits per heavy atom. The van der Waals surface area contributed by atoms with Crippen molar-refractivity contribution >= 4 is 11.6 Å². The zero-order valence-electron chi connectivity index (χ0n) is 12.1. The van der Waals surface area contributed by atoms with Crippen LogP contribution in [0.15, 0.2) is 36.5 Å². The molecule has 3 rings (SSSR count). The smallest absolute Gasteiger partial charge is 0.253 e. The number of aromatic nitrogens is 1. The Morgan fingerprint density at radius 3 is 2.95 bits per heavy atom. The monoisotopic (exact) mass is 281 g/mol. The van der Waals surface area contributed by atoms with Crippen molar-refractivity contribution in [1.29, 1.82) is 0 Å². The van der Waals surface area contributed by atoms with Gasteiger partial charge in [0.15, 0.2) is 0 Å². The number of nitrogens with zero attached hydrogens (tertiary/aromatic N) is 1. The zero-order chi connectivity index (χ0) is 14.8. The number of amides is 1. The van der Waals surface area contributed by atoms with Crippen LogP contribution in [0, 0.1) is 6.92 Å². The standard InChI is InChI=1S/C17H19N3O/c1-11-5-6-13(10-19-11)17(21)20-16-4-2-3-12-9-14(18)7-8-15(12)16/h5-10,16H,2-4,18H2,1H3,(H,20,21). The first-order valence-electron chi connectivity index (χ1n) is 7.25. The van der Waals surface area contributed by atoms with Crippen LogP contribution >= 0.6 is 0 Å². The number of nitrogen functional groups attached to an aromatic ring is 1. The quantitative estimate of drug-likeness (QED) is 0.832. The zero-order valence-corrected chi connectivity index (χ0v) is 12.1. The average molecular weight is 281 g/mol. The second-order valence-electron chi connectivity index (χ2n) is 5.56. The second-order valence-corrected chi connectivity index (χ2v) is 5.56. The fraction of sp³-hybridized carbons (Fsp3) is 0.294. The van der Waals surface area contributed by atoms with Crippen LogP contribution in [0.2, 0.25) is 0 Å². The summed E-state index contributed by atoms with van der Waals surface area (Å²) in [5, 5.41) is 3.11. The first-order valence-corrected chi connectivity index (χ1v) is 7.25. The van der Waals surface area contributed by atoms with E-state index in [1.54, 1.807) is 6.20 Å². The molecule has 0 aliphatic heterocycles. The van der Waals surface area contributed by atoms with Gasteiger partial charge in [-0.1, -0.05) is 6.07 Å². The summed E-state index contributed by atoms with van der Waals surface area (Å²) in [6, 6.07) is 9.66. The lowest BCUT2D eigenvalue weighted by Crippen LogP contribution is -2.31. The van der Waals surface area contributed by atoms with E-state index in [-0.39, 0.29) is 11.9 Å². The Kier molecular flexibility index (Phi) is 3.60. The van der Waals surface area contributed by atoms with Gasteiger partial charge in [0.1, 0.15) is 0 Å². The normalized spacial score (nSPS) is 17.1. The number of fused-ring (bicyclic) bond motifs is 1. The molecule has 0 saturated heterocycles. The molecule has 1 amide bonds. The molecule has 0 bridgehead atoms. The Labute approximate surface area is 124 Å². The summed E-state index contributed by atoms with van der Waals surface area (Å²) in [7, 11) is 0. The lowest BCUT2D eigenvalue weighted by atomic mass is 9.87. The molecular weight excluding hydrogens is 262 g/mol. The van der Waals surface area contributed by atoms with Crippen molar-refractivity contribution in [2.24, 2.45) is 0 Å². The molecule has 1 atom stereocenters. The van der Waals surface area contributed by atoms with Gasteiger partial charge in [-0.3, -0.25) is 9.78 Å². The number of hydrogen-bond donors (Lipinski definition) is 2. The molecule has 4 heteroatoms. The molecular formula is C17H19N3O. The van der Waals surface area contributed by atoms with Crippen molar-refractivity contribution < 1.29 is 4.79 Å². The van der Waals surface area contributed by atoms with E-state index in [1.807, 2.05) is 37.3 Å². The maximum absolute atomic E-state index is 12.3. The number of rotatable bonds is 2. The number of carbonyl (C=O) groups excluding carboxylic acids is 1. The molecule has 1 unspecified atom stereocenters. The summed E-state index contributed by atoms with van der Waals surface area (Å²) in [5.74, 6) is -0.0721. The number of anilines is 1. The third-order valence-corrected chi connectivity index (χ3v) is 3.96. The van der Waals surface area contributed by atoms with Gasteiger partial charge in [0, 0.05) is 17.6 Å². The van der Waals surface area contributed by atoms with Crippen molar-refractivity contribution in [2.75, 3.05) is 5.73 Å². The van der Waals surface area contributed by atoms with Crippen LogP contribution in [-0.2, 0) is 6.42 Å². The molecule has 0 fully saturated rings. The van der Waals surface area contributed by atoms with Crippen molar-refractivity contribution in [3.63, 3.8) is 0 Å². The summed E-state index contributed by atoms with van der Waals surface area (Å²) in [6.07, 6.45) is 4.67. The minimum absolute atomic E-state index is 0.0585. The van der Waals surface area contributed by atoms with E-state index >= 15 is 0 Å². The van der Waals surface area contributed by atoms with E-state index in [9.17, 15) is 4.79 Å². The first-order chi connectivity index (χ1) is 10.1. The molecule has 21 heavy (non-hydrogen) atoms. The molecule has 0 saturated carbocycles. The molecule has 1 aliphatic rings. The van der Waals surface area contributed by atoms with Gasteiger partial charge in [0.25, 0.3) is 5.91 Å². The molecule has 1 aromatic carbocycles. The van der Waals surface area contributed by atoms with Gasteiger partial charge in [-0.2, -0.15) is 0 Å². The van der Waals surface area contributed by atoms with E-state index in [0.717, 1.165) is 30.6 Å².